The van der Waals surface area contributed by atoms with Crippen molar-refractivity contribution in [3.63, 3.8) is 0 Å². The molecule has 0 aromatic carbocycles. The first-order chi connectivity index (χ1) is 9.08. The standard InChI is InChI=1S/C11H16F2N2O4/c1-17-9-5-14-10(11(15-9)18-2)7(16)3-4-19-6-8(12)13/h5,7-8,16H,3-4,6H2,1-2H3. The quantitative estimate of drug-likeness (QED) is 0.720. The third-order valence-electron chi connectivity index (χ3n) is 2.24. The second kappa shape index (κ2) is 7.80. The fourth-order valence-corrected chi connectivity index (χ4v) is 1.35. The zero-order valence-corrected chi connectivity index (χ0v) is 10.7. The van der Waals surface area contributed by atoms with Crippen molar-refractivity contribution >= 4 is 0 Å². The summed E-state index contributed by atoms with van der Waals surface area (Å²) in [5.74, 6) is 0.377. The van der Waals surface area contributed by atoms with E-state index in [1.165, 1.54) is 20.4 Å². The number of ether oxygens (including phenoxy) is 3. The average Bonchev–Trinajstić information content (AvgIpc) is 2.42. The lowest BCUT2D eigenvalue weighted by Crippen LogP contribution is -2.11. The van der Waals surface area contributed by atoms with Crippen LogP contribution in [0.2, 0.25) is 0 Å². The second-order valence-electron chi connectivity index (χ2n) is 3.58. The topological polar surface area (TPSA) is 73.7 Å². The Kier molecular flexibility index (Phi) is 6.37. The van der Waals surface area contributed by atoms with Gasteiger partial charge in [-0.05, 0) is 0 Å². The summed E-state index contributed by atoms with van der Waals surface area (Å²) in [6, 6.07) is 0. The fraction of sp³-hybridized carbons (Fsp3) is 0.636. The van der Waals surface area contributed by atoms with Gasteiger partial charge < -0.3 is 19.3 Å². The number of hydrogen-bond acceptors (Lipinski definition) is 6. The molecule has 0 aliphatic heterocycles. The van der Waals surface area contributed by atoms with Gasteiger partial charge in [-0.15, -0.1) is 0 Å². The van der Waals surface area contributed by atoms with Crippen LogP contribution in [0.4, 0.5) is 8.78 Å². The number of rotatable bonds is 8. The Labute approximate surface area is 109 Å². The fourth-order valence-electron chi connectivity index (χ4n) is 1.35. The van der Waals surface area contributed by atoms with Gasteiger partial charge in [0.15, 0.2) is 0 Å². The minimum atomic E-state index is -2.52. The van der Waals surface area contributed by atoms with Crippen LogP contribution in [0.5, 0.6) is 11.8 Å². The third-order valence-corrected chi connectivity index (χ3v) is 2.24. The summed E-state index contributed by atoms with van der Waals surface area (Å²) in [5, 5.41) is 9.87. The van der Waals surface area contributed by atoms with Gasteiger partial charge in [0.25, 0.3) is 6.43 Å². The molecule has 1 unspecified atom stereocenters. The molecule has 0 bridgehead atoms. The predicted molar refractivity (Wildman–Crippen MR) is 61.5 cm³/mol. The minimum absolute atomic E-state index is 0.0115. The number of aliphatic hydroxyl groups is 1. The van der Waals surface area contributed by atoms with E-state index < -0.39 is 19.1 Å². The number of aliphatic hydroxyl groups excluding tert-OH is 1. The third kappa shape index (κ3) is 4.92. The van der Waals surface area contributed by atoms with Gasteiger partial charge in [0.2, 0.25) is 11.8 Å². The molecule has 6 nitrogen and oxygen atoms in total. The zero-order chi connectivity index (χ0) is 14.3. The Morgan fingerprint density at radius 3 is 2.63 bits per heavy atom. The molecule has 1 aromatic heterocycles. The lowest BCUT2D eigenvalue weighted by Gasteiger charge is -2.13. The normalized spacial score (nSPS) is 12.5. The molecule has 1 atom stereocenters. The Bertz CT molecular complexity index is 393. The lowest BCUT2D eigenvalue weighted by molar-refractivity contribution is 0.00408. The highest BCUT2D eigenvalue weighted by atomic mass is 19.3. The number of aromatic nitrogens is 2. The molecule has 1 aromatic rings. The van der Waals surface area contributed by atoms with Gasteiger partial charge in [0, 0.05) is 13.0 Å². The first kappa shape index (κ1) is 15.5. The molecule has 0 saturated heterocycles. The van der Waals surface area contributed by atoms with Crippen molar-refractivity contribution in [2.75, 3.05) is 27.4 Å². The first-order valence-corrected chi connectivity index (χ1v) is 5.57. The zero-order valence-electron chi connectivity index (χ0n) is 10.7. The van der Waals surface area contributed by atoms with Crippen molar-refractivity contribution in [1.29, 1.82) is 0 Å². The predicted octanol–water partition coefficient (Wildman–Crippen LogP) is 1.20. The van der Waals surface area contributed by atoms with Crippen LogP contribution in [0.1, 0.15) is 18.2 Å². The number of methoxy groups -OCH3 is 2. The van der Waals surface area contributed by atoms with E-state index in [1.807, 2.05) is 0 Å². The molecule has 1 N–H and O–H groups in total. The average molecular weight is 278 g/mol. The smallest absolute Gasteiger partial charge is 0.261 e. The summed E-state index contributed by atoms with van der Waals surface area (Å²) in [5.41, 5.74) is 0.212. The van der Waals surface area contributed by atoms with Gasteiger partial charge in [-0.3, -0.25) is 0 Å². The summed E-state index contributed by atoms with van der Waals surface area (Å²) >= 11 is 0. The van der Waals surface area contributed by atoms with E-state index in [9.17, 15) is 13.9 Å². The van der Waals surface area contributed by atoms with Gasteiger partial charge in [-0.2, -0.15) is 4.98 Å². The molecule has 0 radical (unpaired) electrons. The van der Waals surface area contributed by atoms with E-state index in [0.717, 1.165) is 0 Å². The van der Waals surface area contributed by atoms with Crippen LogP contribution in [-0.4, -0.2) is 48.9 Å². The molecule has 108 valence electrons. The molecule has 0 spiro atoms. The maximum atomic E-state index is 11.8. The van der Waals surface area contributed by atoms with Gasteiger partial charge in [-0.1, -0.05) is 0 Å². The summed E-state index contributed by atoms with van der Waals surface area (Å²) in [7, 11) is 2.81. The van der Waals surface area contributed by atoms with Crippen LogP contribution in [0.3, 0.4) is 0 Å². The largest absolute Gasteiger partial charge is 0.480 e. The number of nitrogens with zero attached hydrogens (tertiary/aromatic N) is 2. The summed E-state index contributed by atoms with van der Waals surface area (Å²) in [4.78, 5) is 7.93. The maximum absolute atomic E-state index is 11.8. The SMILES string of the molecule is COc1cnc(C(O)CCOCC(F)F)c(OC)n1. The van der Waals surface area contributed by atoms with Crippen LogP contribution in [0.25, 0.3) is 0 Å². The number of alkyl halides is 2. The van der Waals surface area contributed by atoms with Crippen LogP contribution in [0.15, 0.2) is 6.20 Å². The summed E-state index contributed by atoms with van der Waals surface area (Å²) in [6.45, 7) is -0.666. The molecule has 8 heteroatoms. The van der Waals surface area contributed by atoms with Crippen LogP contribution >= 0.6 is 0 Å². The van der Waals surface area contributed by atoms with E-state index in [4.69, 9.17) is 9.47 Å². The van der Waals surface area contributed by atoms with Gasteiger partial charge in [0.05, 0.1) is 20.4 Å². The summed E-state index contributed by atoms with van der Waals surface area (Å²) in [6.07, 6.45) is -2.08. The lowest BCUT2D eigenvalue weighted by atomic mass is 10.2. The maximum Gasteiger partial charge on any atom is 0.261 e. The Balaban J connectivity index is 2.58. The van der Waals surface area contributed by atoms with Crippen molar-refractivity contribution < 1.29 is 28.1 Å². The monoisotopic (exact) mass is 278 g/mol. The van der Waals surface area contributed by atoms with Crippen molar-refractivity contribution in [2.24, 2.45) is 0 Å². The highest BCUT2D eigenvalue weighted by Gasteiger charge is 2.17. The van der Waals surface area contributed by atoms with E-state index in [1.54, 1.807) is 0 Å². The van der Waals surface area contributed by atoms with Crippen LogP contribution in [0, 0.1) is 0 Å². The van der Waals surface area contributed by atoms with Gasteiger partial charge in [0.1, 0.15) is 18.4 Å². The number of hydrogen-bond donors (Lipinski definition) is 1. The molecule has 1 rings (SSSR count). The molecule has 0 saturated carbocycles. The highest BCUT2D eigenvalue weighted by Crippen LogP contribution is 2.25. The van der Waals surface area contributed by atoms with Gasteiger partial charge >= 0.3 is 0 Å². The molecule has 0 aliphatic rings. The first-order valence-electron chi connectivity index (χ1n) is 5.57. The Hall–Kier alpha value is -1.54. The van der Waals surface area contributed by atoms with E-state index in [2.05, 4.69) is 14.7 Å². The Morgan fingerprint density at radius 2 is 2.05 bits per heavy atom. The van der Waals surface area contributed by atoms with Gasteiger partial charge in [-0.25, -0.2) is 13.8 Å². The summed E-state index contributed by atoms with van der Waals surface area (Å²) < 4.78 is 38.2. The van der Waals surface area contributed by atoms with Crippen LogP contribution < -0.4 is 9.47 Å². The molecule has 0 fully saturated rings. The van der Waals surface area contributed by atoms with E-state index in [0.29, 0.717) is 0 Å². The molecule has 0 amide bonds. The van der Waals surface area contributed by atoms with Crippen molar-refractivity contribution in [2.45, 2.75) is 19.0 Å². The molecular weight excluding hydrogens is 262 g/mol. The second-order valence-corrected chi connectivity index (χ2v) is 3.58. The van der Waals surface area contributed by atoms with E-state index in [-0.39, 0.29) is 30.5 Å². The molecule has 19 heavy (non-hydrogen) atoms. The van der Waals surface area contributed by atoms with Crippen molar-refractivity contribution in [3.8, 4) is 11.8 Å². The molecular formula is C11H16F2N2O4. The van der Waals surface area contributed by atoms with E-state index >= 15 is 0 Å². The van der Waals surface area contributed by atoms with Crippen molar-refractivity contribution in [3.05, 3.63) is 11.9 Å². The Morgan fingerprint density at radius 1 is 1.32 bits per heavy atom. The molecule has 1 heterocycles. The number of halogens is 2. The highest BCUT2D eigenvalue weighted by molar-refractivity contribution is 5.24. The molecule has 0 aliphatic carbocycles. The van der Waals surface area contributed by atoms with Crippen molar-refractivity contribution in [1.82, 2.24) is 9.97 Å². The van der Waals surface area contributed by atoms with Crippen LogP contribution in [-0.2, 0) is 4.74 Å². The minimum Gasteiger partial charge on any atom is -0.480 e.